The van der Waals surface area contributed by atoms with Gasteiger partial charge in [-0.15, -0.1) is 11.3 Å². The second kappa shape index (κ2) is 7.52. The zero-order chi connectivity index (χ0) is 14.3. The largest absolute Gasteiger partial charge is 0.481 e. The highest BCUT2D eigenvalue weighted by Gasteiger charge is 2.16. The molecule has 0 radical (unpaired) electrons. The Morgan fingerprint density at radius 2 is 2.16 bits per heavy atom. The quantitative estimate of drug-likeness (QED) is 0.647. The van der Waals surface area contributed by atoms with Gasteiger partial charge in [0, 0.05) is 13.0 Å². The minimum atomic E-state index is -0.895. The molecular weight excluding hydrogens is 268 g/mol. The summed E-state index contributed by atoms with van der Waals surface area (Å²) < 4.78 is 0. The average Bonchev–Trinajstić information content (AvgIpc) is 2.87. The highest BCUT2D eigenvalue weighted by molar-refractivity contribution is 7.12. The predicted octanol–water partition coefficient (Wildman–Crippen LogP) is 0.847. The minimum Gasteiger partial charge on any atom is -0.481 e. The zero-order valence-electron chi connectivity index (χ0n) is 10.5. The molecule has 1 heterocycles. The summed E-state index contributed by atoms with van der Waals surface area (Å²) in [6, 6.07) is 2.78. The van der Waals surface area contributed by atoms with Crippen LogP contribution in [0.4, 0.5) is 0 Å². The summed E-state index contributed by atoms with van der Waals surface area (Å²) in [5.41, 5.74) is 0. The van der Waals surface area contributed by atoms with E-state index < -0.39 is 12.0 Å². The van der Waals surface area contributed by atoms with Crippen molar-refractivity contribution in [1.82, 2.24) is 10.6 Å². The van der Waals surface area contributed by atoms with E-state index in [2.05, 4.69) is 10.6 Å². The molecule has 0 aromatic carbocycles. The van der Waals surface area contributed by atoms with Gasteiger partial charge >= 0.3 is 5.97 Å². The van der Waals surface area contributed by atoms with Crippen LogP contribution in [0.25, 0.3) is 0 Å². The van der Waals surface area contributed by atoms with E-state index in [0.29, 0.717) is 11.3 Å². The molecule has 104 valence electrons. The second-order valence-corrected chi connectivity index (χ2v) is 4.91. The van der Waals surface area contributed by atoms with E-state index >= 15 is 0 Å². The summed E-state index contributed by atoms with van der Waals surface area (Å²) >= 11 is 1.30. The molecule has 7 heteroatoms. The van der Waals surface area contributed by atoms with Gasteiger partial charge < -0.3 is 15.7 Å². The highest BCUT2D eigenvalue weighted by Crippen LogP contribution is 2.08. The van der Waals surface area contributed by atoms with Crippen LogP contribution in [0.1, 0.15) is 29.4 Å². The first-order valence-electron chi connectivity index (χ1n) is 5.84. The third-order valence-corrected chi connectivity index (χ3v) is 3.22. The lowest BCUT2D eigenvalue weighted by molar-refractivity contribution is -0.137. The Bertz CT molecular complexity index is 445. The monoisotopic (exact) mass is 284 g/mol. The Morgan fingerprint density at radius 3 is 2.74 bits per heavy atom. The fourth-order valence-corrected chi connectivity index (χ4v) is 1.97. The molecule has 1 unspecified atom stereocenters. The average molecular weight is 284 g/mol. The van der Waals surface area contributed by atoms with Crippen molar-refractivity contribution in [3.8, 4) is 0 Å². The van der Waals surface area contributed by atoms with E-state index in [4.69, 9.17) is 5.11 Å². The molecule has 0 fully saturated rings. The third-order valence-electron chi connectivity index (χ3n) is 2.35. The van der Waals surface area contributed by atoms with E-state index in [-0.39, 0.29) is 24.8 Å². The lowest BCUT2D eigenvalue weighted by Crippen LogP contribution is -2.44. The SMILES string of the molecule is CC(NC(=O)c1cccs1)C(=O)NCCCC(=O)O. The van der Waals surface area contributed by atoms with Crippen molar-refractivity contribution in [2.24, 2.45) is 0 Å². The number of thiophene rings is 1. The van der Waals surface area contributed by atoms with Crippen LogP contribution >= 0.6 is 11.3 Å². The molecule has 0 aliphatic carbocycles. The van der Waals surface area contributed by atoms with Gasteiger partial charge in [0.1, 0.15) is 6.04 Å². The van der Waals surface area contributed by atoms with Crippen molar-refractivity contribution in [2.75, 3.05) is 6.54 Å². The fourth-order valence-electron chi connectivity index (χ4n) is 1.35. The number of aliphatic carboxylic acids is 1. The maximum atomic E-state index is 11.7. The standard InChI is InChI=1S/C12H16N2O4S/c1-8(11(17)13-6-2-5-10(15)16)14-12(18)9-4-3-7-19-9/h3-4,7-8H,2,5-6H2,1H3,(H,13,17)(H,14,18)(H,15,16). The van der Waals surface area contributed by atoms with Crippen molar-refractivity contribution in [3.05, 3.63) is 22.4 Å². The number of amides is 2. The first-order valence-corrected chi connectivity index (χ1v) is 6.72. The van der Waals surface area contributed by atoms with Crippen LogP contribution in [-0.4, -0.2) is 35.5 Å². The number of nitrogens with one attached hydrogen (secondary N) is 2. The number of carbonyl (C=O) groups is 3. The van der Waals surface area contributed by atoms with Gasteiger partial charge in [0.15, 0.2) is 0 Å². The maximum Gasteiger partial charge on any atom is 0.303 e. The number of hydrogen-bond acceptors (Lipinski definition) is 4. The number of carboxylic acid groups (broad SMARTS) is 1. The normalized spacial score (nSPS) is 11.6. The van der Waals surface area contributed by atoms with Crippen molar-refractivity contribution in [2.45, 2.75) is 25.8 Å². The molecule has 1 atom stereocenters. The maximum absolute atomic E-state index is 11.7. The molecule has 1 aromatic heterocycles. The van der Waals surface area contributed by atoms with E-state index in [1.807, 2.05) is 0 Å². The zero-order valence-corrected chi connectivity index (χ0v) is 11.3. The van der Waals surface area contributed by atoms with Gasteiger partial charge in [0.05, 0.1) is 4.88 Å². The molecule has 0 aliphatic heterocycles. The van der Waals surface area contributed by atoms with Crippen LogP contribution in [0.3, 0.4) is 0 Å². The van der Waals surface area contributed by atoms with E-state index in [1.165, 1.54) is 11.3 Å². The van der Waals surface area contributed by atoms with Crippen molar-refractivity contribution in [3.63, 3.8) is 0 Å². The van der Waals surface area contributed by atoms with Gasteiger partial charge in [-0.25, -0.2) is 0 Å². The van der Waals surface area contributed by atoms with Gasteiger partial charge in [-0.2, -0.15) is 0 Å². The molecule has 0 aliphatic rings. The summed E-state index contributed by atoms with van der Waals surface area (Å²) in [7, 11) is 0. The Morgan fingerprint density at radius 1 is 1.42 bits per heavy atom. The van der Waals surface area contributed by atoms with Crippen LogP contribution in [0.5, 0.6) is 0 Å². The first-order chi connectivity index (χ1) is 9.00. The summed E-state index contributed by atoms with van der Waals surface area (Å²) in [4.78, 5) is 34.1. The first kappa shape index (κ1) is 15.2. The molecule has 0 saturated carbocycles. The van der Waals surface area contributed by atoms with Gasteiger partial charge in [-0.1, -0.05) is 6.07 Å². The third kappa shape index (κ3) is 5.52. The lowest BCUT2D eigenvalue weighted by Gasteiger charge is -2.13. The molecule has 0 spiro atoms. The van der Waals surface area contributed by atoms with Crippen molar-refractivity contribution in [1.29, 1.82) is 0 Å². The topological polar surface area (TPSA) is 95.5 Å². The fraction of sp³-hybridized carbons (Fsp3) is 0.417. The van der Waals surface area contributed by atoms with Crippen molar-refractivity contribution >= 4 is 29.1 Å². The molecule has 19 heavy (non-hydrogen) atoms. The number of carboxylic acids is 1. The van der Waals surface area contributed by atoms with Crippen LogP contribution in [0.2, 0.25) is 0 Å². The molecule has 1 rings (SSSR count). The molecule has 0 saturated heterocycles. The van der Waals surface area contributed by atoms with Crippen LogP contribution in [-0.2, 0) is 9.59 Å². The Kier molecular flexibility index (Phi) is 6.01. The molecule has 3 N–H and O–H groups in total. The molecule has 6 nitrogen and oxygen atoms in total. The predicted molar refractivity (Wildman–Crippen MR) is 71.1 cm³/mol. The molecular formula is C12H16N2O4S. The van der Waals surface area contributed by atoms with Crippen LogP contribution < -0.4 is 10.6 Å². The molecule has 0 bridgehead atoms. The van der Waals surface area contributed by atoms with E-state index in [1.54, 1.807) is 24.4 Å². The lowest BCUT2D eigenvalue weighted by atomic mass is 10.2. The van der Waals surface area contributed by atoms with Gasteiger partial charge in [-0.05, 0) is 24.8 Å². The number of carbonyl (C=O) groups excluding carboxylic acids is 2. The summed E-state index contributed by atoms with van der Waals surface area (Å²) in [5.74, 6) is -1.51. The van der Waals surface area contributed by atoms with E-state index in [0.717, 1.165) is 0 Å². The Balaban J connectivity index is 2.28. The smallest absolute Gasteiger partial charge is 0.303 e. The Labute approximate surface area is 114 Å². The summed E-state index contributed by atoms with van der Waals surface area (Å²) in [5, 5.41) is 15.4. The van der Waals surface area contributed by atoms with Crippen LogP contribution in [0, 0.1) is 0 Å². The summed E-state index contributed by atoms with van der Waals surface area (Å²) in [6.07, 6.45) is 0.378. The van der Waals surface area contributed by atoms with Crippen molar-refractivity contribution < 1.29 is 19.5 Å². The minimum absolute atomic E-state index is 0.0101. The number of hydrogen-bond donors (Lipinski definition) is 3. The molecule has 1 aromatic rings. The highest BCUT2D eigenvalue weighted by atomic mass is 32.1. The Hall–Kier alpha value is -1.89. The van der Waals surface area contributed by atoms with Gasteiger partial charge in [0.25, 0.3) is 5.91 Å². The second-order valence-electron chi connectivity index (χ2n) is 3.96. The molecule has 2 amide bonds. The van der Waals surface area contributed by atoms with Gasteiger partial charge in [0.2, 0.25) is 5.91 Å². The number of rotatable bonds is 7. The summed E-state index contributed by atoms with van der Waals surface area (Å²) in [6.45, 7) is 1.86. The van der Waals surface area contributed by atoms with Crippen LogP contribution in [0.15, 0.2) is 17.5 Å². The van der Waals surface area contributed by atoms with E-state index in [9.17, 15) is 14.4 Å². The van der Waals surface area contributed by atoms with Gasteiger partial charge in [-0.3, -0.25) is 14.4 Å².